The number of hydrogen-bond donors (Lipinski definition) is 1. The molecule has 5 heteroatoms. The summed E-state index contributed by atoms with van der Waals surface area (Å²) in [6.07, 6.45) is 2.30. The Balaban J connectivity index is 1.65. The standard InChI is InChI=1S/C19H22N4O/c1-13-9-14(2)23-16(10-20-19(23)21-13)12-22-8-7-18(24)17-6-4-3-5-15(17)11-22/h3-6,9-10,18,24H,7-8,11-12H2,1-2H3. The highest BCUT2D eigenvalue weighted by atomic mass is 16.3. The van der Waals surface area contributed by atoms with Crippen molar-refractivity contribution < 1.29 is 5.11 Å². The molecule has 1 aliphatic heterocycles. The highest BCUT2D eigenvalue weighted by molar-refractivity contribution is 5.36. The van der Waals surface area contributed by atoms with Crippen LogP contribution in [0.4, 0.5) is 0 Å². The maximum atomic E-state index is 10.4. The Labute approximate surface area is 141 Å². The van der Waals surface area contributed by atoms with E-state index in [-0.39, 0.29) is 6.10 Å². The first-order valence-electron chi connectivity index (χ1n) is 8.40. The zero-order valence-corrected chi connectivity index (χ0v) is 14.1. The van der Waals surface area contributed by atoms with Crippen molar-refractivity contribution in [2.24, 2.45) is 0 Å². The number of aliphatic hydroxyl groups is 1. The molecule has 0 bridgehead atoms. The molecule has 0 radical (unpaired) electrons. The molecule has 1 atom stereocenters. The molecule has 3 aromatic rings. The van der Waals surface area contributed by atoms with Gasteiger partial charge >= 0.3 is 0 Å². The van der Waals surface area contributed by atoms with E-state index in [9.17, 15) is 5.11 Å². The van der Waals surface area contributed by atoms with Gasteiger partial charge in [0.2, 0.25) is 5.78 Å². The number of aryl methyl sites for hydroxylation is 2. The molecule has 0 saturated heterocycles. The first-order chi connectivity index (χ1) is 11.6. The molecule has 0 fully saturated rings. The minimum absolute atomic E-state index is 0.376. The minimum atomic E-state index is -0.376. The number of nitrogens with zero attached hydrogens (tertiary/aromatic N) is 4. The van der Waals surface area contributed by atoms with Crippen LogP contribution in [-0.4, -0.2) is 30.9 Å². The maximum Gasteiger partial charge on any atom is 0.234 e. The van der Waals surface area contributed by atoms with Crippen molar-refractivity contribution in [1.29, 1.82) is 0 Å². The van der Waals surface area contributed by atoms with E-state index in [1.807, 2.05) is 31.3 Å². The first-order valence-corrected chi connectivity index (χ1v) is 8.40. The first kappa shape index (κ1) is 15.3. The van der Waals surface area contributed by atoms with Crippen molar-refractivity contribution in [3.63, 3.8) is 0 Å². The molecule has 24 heavy (non-hydrogen) atoms. The SMILES string of the molecule is Cc1cc(C)n2c(CN3CCC(O)c4ccccc4C3)cnc2n1. The highest BCUT2D eigenvalue weighted by Crippen LogP contribution is 2.27. The average molecular weight is 322 g/mol. The van der Waals surface area contributed by atoms with Crippen LogP contribution in [0.2, 0.25) is 0 Å². The van der Waals surface area contributed by atoms with E-state index in [1.165, 1.54) is 5.56 Å². The van der Waals surface area contributed by atoms with E-state index in [4.69, 9.17) is 0 Å². The number of imidazole rings is 1. The van der Waals surface area contributed by atoms with Crippen LogP contribution in [0.1, 0.15) is 40.7 Å². The van der Waals surface area contributed by atoms with Crippen LogP contribution in [0.3, 0.4) is 0 Å². The Bertz CT molecular complexity index is 886. The zero-order valence-electron chi connectivity index (χ0n) is 14.1. The van der Waals surface area contributed by atoms with Crippen LogP contribution in [0, 0.1) is 13.8 Å². The Morgan fingerprint density at radius 3 is 2.96 bits per heavy atom. The third-order valence-electron chi connectivity index (χ3n) is 4.78. The molecule has 0 amide bonds. The molecule has 3 heterocycles. The molecule has 124 valence electrons. The summed E-state index contributed by atoms with van der Waals surface area (Å²) in [6, 6.07) is 10.3. The predicted molar refractivity (Wildman–Crippen MR) is 92.6 cm³/mol. The van der Waals surface area contributed by atoms with Gasteiger partial charge in [0.15, 0.2) is 0 Å². The third-order valence-corrected chi connectivity index (χ3v) is 4.78. The zero-order chi connectivity index (χ0) is 16.7. The molecule has 0 spiro atoms. The van der Waals surface area contributed by atoms with E-state index >= 15 is 0 Å². The topological polar surface area (TPSA) is 53.7 Å². The summed E-state index contributed by atoms with van der Waals surface area (Å²) in [5, 5.41) is 10.4. The fourth-order valence-electron chi connectivity index (χ4n) is 3.66. The van der Waals surface area contributed by atoms with Crippen LogP contribution in [0.25, 0.3) is 5.78 Å². The Morgan fingerprint density at radius 2 is 2.08 bits per heavy atom. The monoisotopic (exact) mass is 322 g/mol. The van der Waals surface area contributed by atoms with Gasteiger partial charge in [-0.15, -0.1) is 0 Å². The Kier molecular flexibility index (Phi) is 3.82. The van der Waals surface area contributed by atoms with Crippen molar-refractivity contribution in [3.05, 3.63) is 64.7 Å². The highest BCUT2D eigenvalue weighted by Gasteiger charge is 2.21. The quantitative estimate of drug-likeness (QED) is 0.788. The molecule has 1 aromatic carbocycles. The van der Waals surface area contributed by atoms with Gasteiger partial charge in [0.1, 0.15) is 0 Å². The number of rotatable bonds is 2. The molecule has 2 aromatic heterocycles. The van der Waals surface area contributed by atoms with Crippen molar-refractivity contribution >= 4 is 5.78 Å². The summed E-state index contributed by atoms with van der Waals surface area (Å²) in [5.41, 5.74) is 5.56. The number of aromatic nitrogens is 3. The lowest BCUT2D eigenvalue weighted by Gasteiger charge is -2.20. The normalized spacial score (nSPS) is 18.5. The van der Waals surface area contributed by atoms with Crippen LogP contribution >= 0.6 is 0 Å². The van der Waals surface area contributed by atoms with Crippen LogP contribution in [0.5, 0.6) is 0 Å². The summed E-state index contributed by atoms with van der Waals surface area (Å²) in [7, 11) is 0. The van der Waals surface area contributed by atoms with E-state index in [0.717, 1.165) is 54.5 Å². The van der Waals surface area contributed by atoms with Gasteiger partial charge < -0.3 is 5.11 Å². The lowest BCUT2D eigenvalue weighted by molar-refractivity contribution is 0.149. The Hall–Kier alpha value is -2.24. The van der Waals surface area contributed by atoms with Gasteiger partial charge in [0, 0.05) is 31.0 Å². The average Bonchev–Trinajstić information content (AvgIpc) is 2.88. The van der Waals surface area contributed by atoms with Gasteiger partial charge in [0.25, 0.3) is 0 Å². The second kappa shape index (κ2) is 6.00. The lowest BCUT2D eigenvalue weighted by Crippen LogP contribution is -2.24. The van der Waals surface area contributed by atoms with Crippen molar-refractivity contribution in [2.75, 3.05) is 6.54 Å². The fourth-order valence-corrected chi connectivity index (χ4v) is 3.66. The number of fused-ring (bicyclic) bond motifs is 2. The summed E-state index contributed by atoms with van der Waals surface area (Å²) in [4.78, 5) is 11.3. The second-order valence-electron chi connectivity index (χ2n) is 6.64. The lowest BCUT2D eigenvalue weighted by atomic mass is 10.0. The maximum absolute atomic E-state index is 10.4. The minimum Gasteiger partial charge on any atom is -0.388 e. The van der Waals surface area contributed by atoms with Gasteiger partial charge in [-0.1, -0.05) is 24.3 Å². The molecule has 1 aliphatic rings. The van der Waals surface area contributed by atoms with Gasteiger partial charge in [-0.3, -0.25) is 9.30 Å². The molecule has 0 aliphatic carbocycles. The Morgan fingerprint density at radius 1 is 1.25 bits per heavy atom. The molecule has 1 unspecified atom stereocenters. The van der Waals surface area contributed by atoms with E-state index < -0.39 is 0 Å². The van der Waals surface area contributed by atoms with Gasteiger partial charge in [-0.25, -0.2) is 9.97 Å². The molecule has 5 nitrogen and oxygen atoms in total. The molecular formula is C19H22N4O. The summed E-state index contributed by atoms with van der Waals surface area (Å²) >= 11 is 0. The van der Waals surface area contributed by atoms with E-state index in [2.05, 4.69) is 38.3 Å². The summed E-state index contributed by atoms with van der Waals surface area (Å²) < 4.78 is 2.13. The molecule has 0 saturated carbocycles. The number of aliphatic hydroxyl groups excluding tert-OH is 1. The summed E-state index contributed by atoms with van der Waals surface area (Å²) in [5.74, 6) is 0.762. The molecular weight excluding hydrogens is 300 g/mol. The van der Waals surface area contributed by atoms with Crippen molar-refractivity contribution in [3.8, 4) is 0 Å². The number of hydrogen-bond acceptors (Lipinski definition) is 4. The molecule has 1 N–H and O–H groups in total. The largest absolute Gasteiger partial charge is 0.388 e. The van der Waals surface area contributed by atoms with Crippen molar-refractivity contribution in [1.82, 2.24) is 19.3 Å². The van der Waals surface area contributed by atoms with E-state index in [1.54, 1.807) is 0 Å². The van der Waals surface area contributed by atoms with Crippen LogP contribution in [0.15, 0.2) is 36.5 Å². The van der Waals surface area contributed by atoms with Gasteiger partial charge in [0.05, 0.1) is 18.0 Å². The molecule has 4 rings (SSSR count). The second-order valence-corrected chi connectivity index (χ2v) is 6.64. The predicted octanol–water partition coefficient (Wildman–Crippen LogP) is 2.79. The van der Waals surface area contributed by atoms with Gasteiger partial charge in [-0.05, 0) is 37.5 Å². The van der Waals surface area contributed by atoms with Gasteiger partial charge in [-0.2, -0.15) is 0 Å². The third kappa shape index (κ3) is 2.70. The van der Waals surface area contributed by atoms with Crippen LogP contribution in [-0.2, 0) is 13.1 Å². The van der Waals surface area contributed by atoms with Crippen LogP contribution < -0.4 is 0 Å². The smallest absolute Gasteiger partial charge is 0.234 e. The number of benzene rings is 1. The summed E-state index contributed by atoms with van der Waals surface area (Å²) in [6.45, 7) is 6.59. The fraction of sp³-hybridized carbons (Fsp3) is 0.368. The van der Waals surface area contributed by atoms with E-state index in [0.29, 0.717) is 0 Å². The van der Waals surface area contributed by atoms with Crippen molar-refractivity contribution in [2.45, 2.75) is 39.5 Å².